The molecule has 190 valence electrons. The Morgan fingerprint density at radius 1 is 1.06 bits per heavy atom. The van der Waals surface area contributed by atoms with Gasteiger partial charge in [0.1, 0.15) is 11.4 Å². The molecule has 3 heterocycles. The Balaban J connectivity index is 1.59. The first-order chi connectivity index (χ1) is 15.8. The average molecular weight is 505 g/mol. The van der Waals surface area contributed by atoms with Gasteiger partial charge in [0.25, 0.3) is 0 Å². The van der Waals surface area contributed by atoms with Crippen molar-refractivity contribution in [3.05, 3.63) is 22.8 Å². The maximum Gasteiger partial charge on any atom is 0.417 e. The number of anilines is 1. The lowest BCUT2D eigenvalue weighted by molar-refractivity contribution is -0.138. The number of ether oxygens (including phenoxy) is 1. The van der Waals surface area contributed by atoms with Gasteiger partial charge in [0.2, 0.25) is 5.91 Å². The monoisotopic (exact) mass is 504 g/mol. The van der Waals surface area contributed by atoms with Crippen molar-refractivity contribution in [2.24, 2.45) is 0 Å². The summed E-state index contributed by atoms with van der Waals surface area (Å²) in [5.74, 6) is 0.313. The maximum atomic E-state index is 12.9. The van der Waals surface area contributed by atoms with Gasteiger partial charge >= 0.3 is 12.3 Å². The Morgan fingerprint density at radius 2 is 1.59 bits per heavy atom. The molecular weight excluding hydrogens is 473 g/mol. The fourth-order valence-corrected chi connectivity index (χ4v) is 4.93. The molecule has 2 fully saturated rings. The molecule has 2 amide bonds. The summed E-state index contributed by atoms with van der Waals surface area (Å²) in [7, 11) is 0. The van der Waals surface area contributed by atoms with Gasteiger partial charge in [-0.1, -0.05) is 11.6 Å². The molecule has 7 nitrogen and oxygen atoms in total. The first-order valence-electron chi connectivity index (χ1n) is 11.5. The third-order valence-electron chi connectivity index (χ3n) is 6.18. The van der Waals surface area contributed by atoms with Crippen LogP contribution in [-0.2, 0) is 15.7 Å². The number of carbonyl (C=O) groups is 2. The minimum Gasteiger partial charge on any atom is -0.444 e. The van der Waals surface area contributed by atoms with Crippen LogP contribution >= 0.6 is 11.6 Å². The summed E-state index contributed by atoms with van der Waals surface area (Å²) in [6.45, 7) is 9.15. The smallest absolute Gasteiger partial charge is 0.417 e. The topological polar surface area (TPSA) is 66.0 Å². The normalized spacial score (nSPS) is 18.7. The van der Waals surface area contributed by atoms with Gasteiger partial charge < -0.3 is 19.4 Å². The lowest BCUT2D eigenvalue weighted by Gasteiger charge is -2.45. The largest absolute Gasteiger partial charge is 0.444 e. The van der Waals surface area contributed by atoms with E-state index in [4.69, 9.17) is 16.3 Å². The minimum atomic E-state index is -4.50. The molecule has 2 aliphatic heterocycles. The van der Waals surface area contributed by atoms with Crippen LogP contribution in [0.3, 0.4) is 0 Å². The van der Waals surface area contributed by atoms with E-state index in [1.165, 1.54) is 0 Å². The summed E-state index contributed by atoms with van der Waals surface area (Å²) < 4.78 is 44.1. The van der Waals surface area contributed by atoms with Crippen LogP contribution < -0.4 is 4.90 Å². The van der Waals surface area contributed by atoms with E-state index >= 15 is 0 Å². The van der Waals surface area contributed by atoms with E-state index in [9.17, 15) is 22.8 Å². The minimum absolute atomic E-state index is 0.0139. The van der Waals surface area contributed by atoms with Crippen molar-refractivity contribution in [2.45, 2.75) is 77.2 Å². The van der Waals surface area contributed by atoms with Crippen LogP contribution in [0.25, 0.3) is 0 Å². The van der Waals surface area contributed by atoms with Crippen molar-refractivity contribution in [2.75, 3.05) is 31.1 Å². The predicted molar refractivity (Wildman–Crippen MR) is 123 cm³/mol. The summed E-state index contributed by atoms with van der Waals surface area (Å²) in [6, 6.07) is 0.941. The Kier molecular flexibility index (Phi) is 7.89. The van der Waals surface area contributed by atoms with Gasteiger partial charge in [-0.15, -0.1) is 0 Å². The second kappa shape index (κ2) is 10.2. The van der Waals surface area contributed by atoms with Gasteiger partial charge in [0, 0.05) is 51.4 Å². The first-order valence-corrected chi connectivity index (χ1v) is 11.9. The van der Waals surface area contributed by atoms with Crippen molar-refractivity contribution in [1.29, 1.82) is 0 Å². The standard InChI is InChI=1S/C23H32ClF3N4O3/c1-15(32)31(18-7-11-30(12-8-18)21(33)34-22(2,3)4)17-5-9-29(10-6-17)20-19(24)13-16(14-28-20)23(25,26)27/h13-14,17-18H,5-12H2,1-4H3. The highest BCUT2D eigenvalue weighted by molar-refractivity contribution is 6.33. The molecule has 0 radical (unpaired) electrons. The van der Waals surface area contributed by atoms with E-state index in [2.05, 4.69) is 4.98 Å². The second-order valence-corrected chi connectivity index (χ2v) is 10.3. The van der Waals surface area contributed by atoms with Crippen LogP contribution in [0.4, 0.5) is 23.8 Å². The number of hydrogen-bond acceptors (Lipinski definition) is 5. The number of piperidine rings is 2. The van der Waals surface area contributed by atoms with E-state index in [0.29, 0.717) is 57.7 Å². The Hall–Kier alpha value is -2.23. The first kappa shape index (κ1) is 26.4. The van der Waals surface area contributed by atoms with Crippen molar-refractivity contribution >= 4 is 29.4 Å². The van der Waals surface area contributed by atoms with Gasteiger partial charge in [-0.3, -0.25) is 4.79 Å². The Labute approximate surface area is 203 Å². The molecule has 0 bridgehead atoms. The molecule has 1 aromatic heterocycles. The summed E-state index contributed by atoms with van der Waals surface area (Å²) in [5.41, 5.74) is -1.44. The second-order valence-electron chi connectivity index (χ2n) is 9.87. The van der Waals surface area contributed by atoms with Crippen LogP contribution in [0.2, 0.25) is 5.02 Å². The zero-order chi connectivity index (χ0) is 25.3. The molecule has 11 heteroatoms. The van der Waals surface area contributed by atoms with E-state index in [1.807, 2.05) is 30.6 Å². The predicted octanol–water partition coefficient (Wildman–Crippen LogP) is 4.97. The van der Waals surface area contributed by atoms with Crippen molar-refractivity contribution < 1.29 is 27.5 Å². The third-order valence-corrected chi connectivity index (χ3v) is 6.46. The number of carbonyl (C=O) groups excluding carboxylic acids is 2. The van der Waals surface area contributed by atoms with Crippen molar-refractivity contribution in [3.63, 3.8) is 0 Å². The highest BCUT2D eigenvalue weighted by Gasteiger charge is 2.36. The molecule has 2 saturated heterocycles. The zero-order valence-electron chi connectivity index (χ0n) is 20.0. The van der Waals surface area contributed by atoms with Gasteiger partial charge in [0.15, 0.2) is 0 Å². The molecule has 0 unspecified atom stereocenters. The SMILES string of the molecule is CC(=O)N(C1CCN(C(=O)OC(C)(C)C)CC1)C1CCN(c2ncc(C(F)(F)F)cc2Cl)CC1. The highest BCUT2D eigenvalue weighted by atomic mass is 35.5. The lowest BCUT2D eigenvalue weighted by atomic mass is 9.96. The zero-order valence-corrected chi connectivity index (χ0v) is 20.7. The fourth-order valence-electron chi connectivity index (χ4n) is 4.64. The van der Waals surface area contributed by atoms with Gasteiger partial charge in [-0.25, -0.2) is 9.78 Å². The number of rotatable bonds is 3. The summed E-state index contributed by atoms with van der Waals surface area (Å²) in [6.07, 6.45) is -1.38. The Bertz CT molecular complexity index is 890. The number of aromatic nitrogens is 1. The van der Waals surface area contributed by atoms with E-state index in [1.54, 1.807) is 11.8 Å². The van der Waals surface area contributed by atoms with Crippen LogP contribution in [0.1, 0.15) is 58.9 Å². The molecule has 0 saturated carbocycles. The number of pyridine rings is 1. The molecule has 0 N–H and O–H groups in total. The van der Waals surface area contributed by atoms with E-state index < -0.39 is 17.3 Å². The molecule has 1 aromatic rings. The van der Waals surface area contributed by atoms with Gasteiger partial charge in [-0.05, 0) is 52.5 Å². The molecular formula is C23H32ClF3N4O3. The van der Waals surface area contributed by atoms with Gasteiger partial charge in [-0.2, -0.15) is 13.2 Å². The molecule has 0 aliphatic carbocycles. The summed E-state index contributed by atoms with van der Waals surface area (Å²) >= 11 is 6.11. The Morgan fingerprint density at radius 3 is 2.03 bits per heavy atom. The van der Waals surface area contributed by atoms with Gasteiger partial charge in [0.05, 0.1) is 10.6 Å². The van der Waals surface area contributed by atoms with E-state index in [-0.39, 0.29) is 29.1 Å². The van der Waals surface area contributed by atoms with Crippen molar-refractivity contribution in [3.8, 4) is 0 Å². The summed E-state index contributed by atoms with van der Waals surface area (Å²) in [4.78, 5) is 34.3. The molecule has 2 aliphatic rings. The summed E-state index contributed by atoms with van der Waals surface area (Å²) in [5, 5.41) is -0.0359. The highest BCUT2D eigenvalue weighted by Crippen LogP contribution is 2.35. The van der Waals surface area contributed by atoms with Crippen LogP contribution in [0.15, 0.2) is 12.3 Å². The number of nitrogens with zero attached hydrogens (tertiary/aromatic N) is 4. The molecule has 0 atom stereocenters. The number of likely N-dealkylation sites (tertiary alicyclic amines) is 1. The lowest BCUT2D eigenvalue weighted by Crippen LogP contribution is -2.55. The molecule has 3 rings (SSSR count). The average Bonchev–Trinajstić information content (AvgIpc) is 2.73. The van der Waals surface area contributed by atoms with Crippen molar-refractivity contribution in [1.82, 2.24) is 14.8 Å². The van der Waals surface area contributed by atoms with Crippen LogP contribution in [-0.4, -0.2) is 70.6 Å². The number of amides is 2. The molecule has 0 spiro atoms. The van der Waals surface area contributed by atoms with Crippen LogP contribution in [0.5, 0.6) is 0 Å². The maximum absolute atomic E-state index is 12.9. The number of alkyl halides is 3. The quantitative estimate of drug-likeness (QED) is 0.581. The third kappa shape index (κ3) is 6.46. The number of hydrogen-bond donors (Lipinski definition) is 0. The fraction of sp³-hybridized carbons (Fsp3) is 0.696. The van der Waals surface area contributed by atoms with Crippen LogP contribution in [0, 0.1) is 0 Å². The number of halogens is 4. The molecule has 0 aromatic carbocycles. The molecule has 34 heavy (non-hydrogen) atoms. The van der Waals surface area contributed by atoms with E-state index in [0.717, 1.165) is 12.3 Å².